The van der Waals surface area contributed by atoms with Gasteiger partial charge >= 0.3 is 5.97 Å². The summed E-state index contributed by atoms with van der Waals surface area (Å²) in [6, 6.07) is 9.52. The highest BCUT2D eigenvalue weighted by Gasteiger charge is 2.12. The van der Waals surface area contributed by atoms with Gasteiger partial charge in [0.15, 0.2) is 0 Å². The van der Waals surface area contributed by atoms with E-state index in [1.165, 1.54) is 28.5 Å². The number of aromatic carboxylic acids is 1. The molecule has 0 fully saturated rings. The van der Waals surface area contributed by atoms with Gasteiger partial charge in [-0.15, -0.1) is 11.3 Å². The number of carboxylic acid groups (broad SMARTS) is 1. The number of aromatic nitrogens is 1. The van der Waals surface area contributed by atoms with Crippen molar-refractivity contribution in [2.24, 2.45) is 0 Å². The normalized spacial score (nSPS) is 11.0. The Hall–Kier alpha value is -2.40. The Morgan fingerprint density at radius 1 is 1.14 bits per heavy atom. The van der Waals surface area contributed by atoms with Gasteiger partial charge in [-0.05, 0) is 42.7 Å². The van der Waals surface area contributed by atoms with Crippen molar-refractivity contribution in [1.29, 1.82) is 0 Å². The number of rotatable bonds is 2. The number of hydrogen-bond acceptors (Lipinski definition) is 3. The van der Waals surface area contributed by atoms with Crippen LogP contribution in [0.5, 0.6) is 0 Å². The molecule has 2 heterocycles. The Morgan fingerprint density at radius 2 is 1.90 bits per heavy atom. The van der Waals surface area contributed by atoms with Crippen LogP contribution in [0.3, 0.4) is 0 Å². The molecule has 0 saturated carbocycles. The lowest BCUT2D eigenvalue weighted by Gasteiger charge is -2.02. The minimum atomic E-state index is -1.21. The highest BCUT2D eigenvalue weighted by molar-refractivity contribution is 7.21. The van der Waals surface area contributed by atoms with E-state index in [1.807, 2.05) is 12.1 Å². The molecule has 2 N–H and O–H groups in total. The second-order valence-electron chi connectivity index (χ2n) is 5.01. The van der Waals surface area contributed by atoms with E-state index in [2.05, 4.69) is 31.0 Å². The SMILES string of the molecule is Cc1ccc(-c2cc3cc(C(=O)O)c(=O)[nH]c3s2)cc1C. The summed E-state index contributed by atoms with van der Waals surface area (Å²) in [7, 11) is 0. The minimum Gasteiger partial charge on any atom is -0.477 e. The first-order valence-electron chi connectivity index (χ1n) is 6.43. The molecule has 3 rings (SSSR count). The van der Waals surface area contributed by atoms with Gasteiger partial charge in [0.05, 0.1) is 0 Å². The van der Waals surface area contributed by atoms with Gasteiger partial charge in [0.25, 0.3) is 5.56 Å². The number of carbonyl (C=O) groups is 1. The van der Waals surface area contributed by atoms with Gasteiger partial charge in [0.2, 0.25) is 0 Å². The van der Waals surface area contributed by atoms with Gasteiger partial charge in [0.1, 0.15) is 10.4 Å². The zero-order chi connectivity index (χ0) is 15.1. The second-order valence-corrected chi connectivity index (χ2v) is 6.06. The molecule has 0 atom stereocenters. The third-order valence-corrected chi connectivity index (χ3v) is 4.67. The van der Waals surface area contributed by atoms with E-state index in [1.54, 1.807) is 0 Å². The first-order chi connectivity index (χ1) is 9.95. The molecule has 21 heavy (non-hydrogen) atoms. The van der Waals surface area contributed by atoms with Gasteiger partial charge in [-0.2, -0.15) is 0 Å². The Labute approximate surface area is 124 Å². The van der Waals surface area contributed by atoms with Gasteiger partial charge < -0.3 is 10.1 Å². The summed E-state index contributed by atoms with van der Waals surface area (Å²) in [4.78, 5) is 27.0. The summed E-state index contributed by atoms with van der Waals surface area (Å²) in [5, 5.41) is 9.74. The number of aryl methyl sites for hydroxylation is 2. The van der Waals surface area contributed by atoms with Crippen molar-refractivity contribution in [2.75, 3.05) is 0 Å². The van der Waals surface area contributed by atoms with Crippen molar-refractivity contribution in [3.8, 4) is 10.4 Å². The Kier molecular flexibility index (Phi) is 3.14. The highest BCUT2D eigenvalue weighted by Crippen LogP contribution is 2.33. The summed E-state index contributed by atoms with van der Waals surface area (Å²) < 4.78 is 0. The molecule has 0 spiro atoms. The maximum Gasteiger partial charge on any atom is 0.341 e. The molecular formula is C16H13NO3S. The molecule has 5 heteroatoms. The van der Waals surface area contributed by atoms with Crippen LogP contribution in [-0.2, 0) is 0 Å². The quantitative estimate of drug-likeness (QED) is 0.760. The number of benzene rings is 1. The third-order valence-electron chi connectivity index (χ3n) is 3.55. The Balaban J connectivity index is 2.19. The molecule has 0 unspecified atom stereocenters. The van der Waals surface area contributed by atoms with Crippen LogP contribution in [0.25, 0.3) is 20.7 Å². The van der Waals surface area contributed by atoms with Crippen LogP contribution in [0.2, 0.25) is 0 Å². The summed E-state index contributed by atoms with van der Waals surface area (Å²) in [6.45, 7) is 4.11. The number of pyridine rings is 1. The molecule has 4 nitrogen and oxygen atoms in total. The average molecular weight is 299 g/mol. The number of nitrogens with one attached hydrogen (secondary N) is 1. The Bertz CT molecular complexity index is 921. The summed E-state index contributed by atoms with van der Waals surface area (Å²) >= 11 is 1.45. The van der Waals surface area contributed by atoms with E-state index >= 15 is 0 Å². The van der Waals surface area contributed by atoms with Crippen molar-refractivity contribution in [3.05, 3.63) is 57.4 Å². The van der Waals surface area contributed by atoms with Crippen molar-refractivity contribution in [2.45, 2.75) is 13.8 Å². The molecule has 106 valence electrons. The number of hydrogen-bond donors (Lipinski definition) is 2. The summed E-state index contributed by atoms with van der Waals surface area (Å²) in [5.74, 6) is -1.21. The molecule has 2 aromatic heterocycles. The third kappa shape index (κ3) is 2.36. The van der Waals surface area contributed by atoms with E-state index in [9.17, 15) is 9.59 Å². The van der Waals surface area contributed by atoms with Crippen LogP contribution >= 0.6 is 11.3 Å². The molecule has 0 saturated heterocycles. The lowest BCUT2D eigenvalue weighted by Crippen LogP contribution is -2.16. The number of thiophene rings is 1. The molecule has 0 bridgehead atoms. The van der Waals surface area contributed by atoms with E-state index in [-0.39, 0.29) is 5.56 Å². The lowest BCUT2D eigenvalue weighted by molar-refractivity contribution is 0.0695. The van der Waals surface area contributed by atoms with Crippen LogP contribution in [0, 0.1) is 13.8 Å². The predicted molar refractivity (Wildman–Crippen MR) is 84.3 cm³/mol. The molecule has 1 aromatic carbocycles. The molecular weight excluding hydrogens is 286 g/mol. The molecule has 0 amide bonds. The van der Waals surface area contributed by atoms with Crippen molar-refractivity contribution >= 4 is 27.5 Å². The van der Waals surface area contributed by atoms with Gasteiger partial charge in [-0.3, -0.25) is 4.79 Å². The van der Waals surface area contributed by atoms with E-state index in [4.69, 9.17) is 5.11 Å². The standard InChI is InChI=1S/C16H13NO3S/c1-8-3-4-10(5-9(8)2)13-7-11-6-12(16(19)20)14(18)17-15(11)21-13/h3-7H,1-2H3,(H,17,18)(H,19,20). The highest BCUT2D eigenvalue weighted by atomic mass is 32.1. The summed E-state index contributed by atoms with van der Waals surface area (Å²) in [6.07, 6.45) is 0. The monoisotopic (exact) mass is 299 g/mol. The van der Waals surface area contributed by atoms with Crippen LogP contribution in [0.1, 0.15) is 21.5 Å². The van der Waals surface area contributed by atoms with Crippen molar-refractivity contribution < 1.29 is 9.90 Å². The minimum absolute atomic E-state index is 0.230. The molecule has 0 aliphatic rings. The van der Waals surface area contributed by atoms with Gasteiger partial charge in [-0.25, -0.2) is 4.79 Å². The maximum absolute atomic E-state index is 11.7. The van der Waals surface area contributed by atoms with E-state index in [0.29, 0.717) is 4.83 Å². The zero-order valence-corrected chi connectivity index (χ0v) is 12.4. The maximum atomic E-state index is 11.7. The molecule has 0 radical (unpaired) electrons. The number of aromatic amines is 1. The van der Waals surface area contributed by atoms with Crippen molar-refractivity contribution in [3.63, 3.8) is 0 Å². The fourth-order valence-corrected chi connectivity index (χ4v) is 3.23. The summed E-state index contributed by atoms with van der Waals surface area (Å²) in [5.41, 5.74) is 2.69. The average Bonchev–Trinajstić information content (AvgIpc) is 2.83. The van der Waals surface area contributed by atoms with Crippen LogP contribution in [0.4, 0.5) is 0 Å². The molecule has 0 aliphatic heterocycles. The number of carboxylic acids is 1. The van der Waals surface area contributed by atoms with Crippen LogP contribution in [-0.4, -0.2) is 16.1 Å². The Morgan fingerprint density at radius 3 is 2.57 bits per heavy atom. The van der Waals surface area contributed by atoms with Crippen LogP contribution in [0.15, 0.2) is 35.1 Å². The fraction of sp³-hybridized carbons (Fsp3) is 0.125. The van der Waals surface area contributed by atoms with Gasteiger partial charge in [-0.1, -0.05) is 18.2 Å². The smallest absolute Gasteiger partial charge is 0.341 e. The van der Waals surface area contributed by atoms with E-state index in [0.717, 1.165) is 15.8 Å². The van der Waals surface area contributed by atoms with Crippen LogP contribution < -0.4 is 5.56 Å². The largest absolute Gasteiger partial charge is 0.477 e. The van der Waals surface area contributed by atoms with Crippen molar-refractivity contribution in [1.82, 2.24) is 4.98 Å². The second kappa shape index (κ2) is 4.86. The molecule has 0 aliphatic carbocycles. The first kappa shape index (κ1) is 13.6. The fourth-order valence-electron chi connectivity index (χ4n) is 2.20. The first-order valence-corrected chi connectivity index (χ1v) is 7.25. The zero-order valence-electron chi connectivity index (χ0n) is 11.6. The lowest BCUT2D eigenvalue weighted by atomic mass is 10.1. The number of H-pyrrole nitrogens is 1. The van der Waals surface area contributed by atoms with Gasteiger partial charge in [0, 0.05) is 10.3 Å². The number of fused-ring (bicyclic) bond motifs is 1. The topological polar surface area (TPSA) is 70.2 Å². The molecule has 3 aromatic rings. The predicted octanol–water partition coefficient (Wildman–Crippen LogP) is 3.57. The van der Waals surface area contributed by atoms with E-state index < -0.39 is 11.5 Å².